The molecule has 1 aliphatic rings. The van der Waals surface area contributed by atoms with Crippen molar-refractivity contribution in [2.45, 2.75) is 12.6 Å². The van der Waals surface area contributed by atoms with Crippen LogP contribution in [0.2, 0.25) is 0 Å². The lowest BCUT2D eigenvalue weighted by atomic mass is 10.1. The highest BCUT2D eigenvalue weighted by Gasteiger charge is 2.38. The van der Waals surface area contributed by atoms with Gasteiger partial charge in [0.05, 0.1) is 5.92 Å². The topological polar surface area (TPSA) is 86.3 Å². The lowest BCUT2D eigenvalue weighted by Gasteiger charge is -2.11. The summed E-state index contributed by atoms with van der Waals surface area (Å²) in [6, 6.07) is 0.683. The van der Waals surface area contributed by atoms with Crippen LogP contribution in [0.5, 0.6) is 0 Å². The zero-order valence-electron chi connectivity index (χ0n) is 8.86. The molecule has 1 aromatic heterocycles. The lowest BCUT2D eigenvalue weighted by molar-refractivity contribution is -0.142. The van der Waals surface area contributed by atoms with Crippen LogP contribution in [0.3, 0.4) is 0 Å². The Morgan fingerprint density at radius 2 is 2.22 bits per heavy atom. The minimum atomic E-state index is -4.58. The van der Waals surface area contributed by atoms with Crippen LogP contribution in [0, 0.1) is 5.92 Å². The quantitative estimate of drug-likeness (QED) is 0.828. The summed E-state index contributed by atoms with van der Waals surface area (Å²) in [5.74, 6) is -2.83. The summed E-state index contributed by atoms with van der Waals surface area (Å²) in [7, 11) is 0. The Hall–Kier alpha value is -2.06. The van der Waals surface area contributed by atoms with Crippen molar-refractivity contribution in [2.75, 3.05) is 11.4 Å². The first-order chi connectivity index (χ1) is 8.29. The van der Waals surface area contributed by atoms with Gasteiger partial charge in [-0.3, -0.25) is 19.6 Å². The largest absolute Gasteiger partial charge is 0.481 e. The summed E-state index contributed by atoms with van der Waals surface area (Å²) in [5.41, 5.74) is -1.08. The third-order valence-corrected chi connectivity index (χ3v) is 2.62. The zero-order valence-corrected chi connectivity index (χ0v) is 8.86. The first kappa shape index (κ1) is 12.4. The van der Waals surface area contributed by atoms with Crippen LogP contribution < -0.4 is 4.90 Å². The number of hydrogen-bond acceptors (Lipinski definition) is 3. The molecule has 2 N–H and O–H groups in total. The van der Waals surface area contributed by atoms with E-state index in [1.165, 1.54) is 0 Å². The second kappa shape index (κ2) is 4.00. The molecule has 2 rings (SSSR count). The van der Waals surface area contributed by atoms with E-state index >= 15 is 0 Å². The first-order valence-corrected chi connectivity index (χ1v) is 4.95. The average Bonchev–Trinajstić information content (AvgIpc) is 2.81. The van der Waals surface area contributed by atoms with E-state index in [0.29, 0.717) is 6.07 Å². The fourth-order valence-electron chi connectivity index (χ4n) is 1.69. The highest BCUT2D eigenvalue weighted by atomic mass is 19.4. The molecule has 0 radical (unpaired) electrons. The standard InChI is InChI=1S/C9H8F3N3O3/c10-9(11,12)5-2-6(14-13-5)15-3-4(8(17)18)1-7(15)16/h2,4H,1,3H2,(H,13,14)(H,17,18). The number of hydrogen-bond donors (Lipinski definition) is 2. The van der Waals surface area contributed by atoms with E-state index in [1.54, 1.807) is 5.10 Å². The van der Waals surface area contributed by atoms with Gasteiger partial charge >= 0.3 is 12.1 Å². The minimum Gasteiger partial charge on any atom is -0.481 e. The van der Waals surface area contributed by atoms with Crippen LogP contribution in [0.4, 0.5) is 19.0 Å². The van der Waals surface area contributed by atoms with E-state index in [9.17, 15) is 22.8 Å². The van der Waals surface area contributed by atoms with Crippen molar-refractivity contribution in [3.63, 3.8) is 0 Å². The molecule has 0 saturated carbocycles. The molecule has 2 heterocycles. The number of nitrogens with one attached hydrogen (secondary N) is 1. The molecule has 6 nitrogen and oxygen atoms in total. The summed E-state index contributed by atoms with van der Waals surface area (Å²) in [4.78, 5) is 23.1. The highest BCUT2D eigenvalue weighted by molar-refractivity contribution is 5.98. The van der Waals surface area contributed by atoms with Crippen LogP contribution in [0.25, 0.3) is 0 Å². The van der Waals surface area contributed by atoms with Gasteiger partial charge in [-0.05, 0) is 0 Å². The third-order valence-electron chi connectivity index (χ3n) is 2.62. The van der Waals surface area contributed by atoms with Crippen LogP contribution in [0.1, 0.15) is 12.1 Å². The predicted molar refractivity (Wildman–Crippen MR) is 51.7 cm³/mol. The molecule has 1 atom stereocenters. The first-order valence-electron chi connectivity index (χ1n) is 4.95. The predicted octanol–water partition coefficient (Wildman–Crippen LogP) is 0.866. The van der Waals surface area contributed by atoms with E-state index in [0.717, 1.165) is 4.90 Å². The molecule has 98 valence electrons. The molecule has 18 heavy (non-hydrogen) atoms. The number of aromatic amines is 1. The molecule has 1 aliphatic heterocycles. The molecule has 9 heteroatoms. The molecule has 1 amide bonds. The van der Waals surface area contributed by atoms with E-state index < -0.39 is 29.7 Å². The van der Waals surface area contributed by atoms with Crippen LogP contribution >= 0.6 is 0 Å². The number of carboxylic acid groups (broad SMARTS) is 1. The minimum absolute atomic E-state index is 0.170. The molecule has 0 spiro atoms. The summed E-state index contributed by atoms with van der Waals surface area (Å²) in [6.45, 7) is -0.170. The number of H-pyrrole nitrogens is 1. The number of amides is 1. The average molecular weight is 263 g/mol. The Bertz CT molecular complexity index is 497. The van der Waals surface area contributed by atoms with Gasteiger partial charge in [-0.15, -0.1) is 0 Å². The zero-order chi connectivity index (χ0) is 13.5. The summed E-state index contributed by atoms with van der Waals surface area (Å²) in [5, 5.41) is 13.9. The number of halogens is 3. The number of carboxylic acids is 1. The normalized spacial score (nSPS) is 20.5. The van der Waals surface area contributed by atoms with Gasteiger partial charge in [0.25, 0.3) is 0 Å². The molecule has 1 unspecified atom stereocenters. The van der Waals surface area contributed by atoms with Gasteiger partial charge in [-0.25, -0.2) is 0 Å². The van der Waals surface area contributed by atoms with Gasteiger partial charge in [0.1, 0.15) is 5.69 Å². The van der Waals surface area contributed by atoms with Crippen LogP contribution in [-0.4, -0.2) is 33.7 Å². The second-order valence-electron chi connectivity index (χ2n) is 3.88. The number of carbonyl (C=O) groups excluding carboxylic acids is 1. The SMILES string of the molecule is O=C(O)C1CC(=O)N(c2cc(C(F)(F)F)[nH]n2)C1. The van der Waals surface area contributed by atoms with Crippen molar-refractivity contribution in [3.8, 4) is 0 Å². The van der Waals surface area contributed by atoms with Gasteiger partial charge < -0.3 is 5.11 Å². The third kappa shape index (κ3) is 2.15. The number of rotatable bonds is 2. The maximum Gasteiger partial charge on any atom is 0.432 e. The molecule has 0 aromatic carbocycles. The number of aliphatic carboxylic acids is 1. The van der Waals surface area contributed by atoms with Crippen molar-refractivity contribution < 1.29 is 27.9 Å². The number of nitrogens with zero attached hydrogens (tertiary/aromatic N) is 2. The van der Waals surface area contributed by atoms with Crippen molar-refractivity contribution in [3.05, 3.63) is 11.8 Å². The maximum atomic E-state index is 12.3. The Kier molecular flexibility index (Phi) is 2.76. The van der Waals surface area contributed by atoms with Gasteiger partial charge in [0.15, 0.2) is 5.82 Å². The monoisotopic (exact) mass is 263 g/mol. The number of aromatic nitrogens is 2. The van der Waals surface area contributed by atoms with Gasteiger partial charge in [-0.1, -0.05) is 0 Å². The fraction of sp³-hybridized carbons (Fsp3) is 0.444. The van der Waals surface area contributed by atoms with E-state index in [1.807, 2.05) is 0 Å². The molecule has 0 aliphatic carbocycles. The van der Waals surface area contributed by atoms with E-state index in [2.05, 4.69) is 5.10 Å². The number of anilines is 1. The Morgan fingerprint density at radius 3 is 2.67 bits per heavy atom. The molecule has 1 saturated heterocycles. The van der Waals surface area contributed by atoms with Gasteiger partial charge in [0.2, 0.25) is 5.91 Å². The van der Waals surface area contributed by atoms with Gasteiger partial charge in [0, 0.05) is 19.0 Å². The Balaban J connectivity index is 2.20. The van der Waals surface area contributed by atoms with Crippen molar-refractivity contribution in [2.24, 2.45) is 5.92 Å². The molecule has 1 aromatic rings. The number of carbonyl (C=O) groups is 2. The lowest BCUT2D eigenvalue weighted by Crippen LogP contribution is -2.26. The van der Waals surface area contributed by atoms with Crippen LogP contribution in [-0.2, 0) is 15.8 Å². The Morgan fingerprint density at radius 1 is 1.56 bits per heavy atom. The summed E-state index contributed by atoms with van der Waals surface area (Å²) in [6.07, 6.45) is -4.82. The van der Waals surface area contributed by atoms with Crippen molar-refractivity contribution >= 4 is 17.7 Å². The van der Waals surface area contributed by atoms with Crippen molar-refractivity contribution in [1.29, 1.82) is 0 Å². The summed E-state index contributed by atoms with van der Waals surface area (Å²) < 4.78 is 37.0. The van der Waals surface area contributed by atoms with E-state index in [-0.39, 0.29) is 18.8 Å². The molecular weight excluding hydrogens is 255 g/mol. The summed E-state index contributed by atoms with van der Waals surface area (Å²) >= 11 is 0. The maximum absolute atomic E-state index is 12.3. The number of alkyl halides is 3. The molecule has 1 fully saturated rings. The smallest absolute Gasteiger partial charge is 0.432 e. The van der Waals surface area contributed by atoms with Crippen LogP contribution in [0.15, 0.2) is 6.07 Å². The van der Waals surface area contributed by atoms with Crippen molar-refractivity contribution in [1.82, 2.24) is 10.2 Å². The van der Waals surface area contributed by atoms with E-state index in [4.69, 9.17) is 5.11 Å². The molecular formula is C9H8F3N3O3. The highest BCUT2D eigenvalue weighted by Crippen LogP contribution is 2.31. The fourth-order valence-corrected chi connectivity index (χ4v) is 1.69. The molecule has 0 bridgehead atoms. The Labute approximate surface area is 98.4 Å². The van der Waals surface area contributed by atoms with Gasteiger partial charge in [-0.2, -0.15) is 18.3 Å². The second-order valence-corrected chi connectivity index (χ2v) is 3.88.